The molecule has 1 aromatic carbocycles. The zero-order valence-electron chi connectivity index (χ0n) is 13.9. The molecule has 6 heteroatoms. The van der Waals surface area contributed by atoms with Crippen LogP contribution in [0.5, 0.6) is 0 Å². The van der Waals surface area contributed by atoms with Gasteiger partial charge in [-0.2, -0.15) is 0 Å². The topological polar surface area (TPSA) is 45.9 Å². The molecule has 2 heterocycles. The predicted molar refractivity (Wildman–Crippen MR) is 88.3 cm³/mol. The fourth-order valence-electron chi connectivity index (χ4n) is 2.95. The van der Waals surface area contributed by atoms with E-state index in [4.69, 9.17) is 9.15 Å². The quantitative estimate of drug-likeness (QED) is 0.863. The number of morpholine rings is 1. The van der Waals surface area contributed by atoms with Crippen molar-refractivity contribution in [1.82, 2.24) is 9.80 Å². The number of amides is 1. The number of halogens is 1. The highest BCUT2D eigenvalue weighted by Crippen LogP contribution is 2.26. The molecule has 1 unspecified atom stereocenters. The van der Waals surface area contributed by atoms with Crippen LogP contribution in [0.3, 0.4) is 0 Å². The summed E-state index contributed by atoms with van der Waals surface area (Å²) in [5, 5.41) is 0. The maximum Gasteiger partial charge on any atom is 0.254 e. The first kappa shape index (κ1) is 16.7. The van der Waals surface area contributed by atoms with Crippen molar-refractivity contribution in [3.05, 3.63) is 48.2 Å². The van der Waals surface area contributed by atoms with Crippen LogP contribution < -0.4 is 0 Å². The standard InChI is InChI=1S/C18H21FN2O3/c1-20(2)10-15-11-21(6-8-24-15)18(22)17-9-14(19)3-4-16(17)13-5-7-23-12-13/h3-5,7,9,12,15H,6,8,10-11H2,1-2H3. The summed E-state index contributed by atoms with van der Waals surface area (Å²) in [7, 11) is 3.93. The first-order valence-electron chi connectivity index (χ1n) is 7.92. The second kappa shape index (κ2) is 7.15. The van der Waals surface area contributed by atoms with Crippen molar-refractivity contribution in [2.45, 2.75) is 6.10 Å². The Balaban J connectivity index is 1.85. The van der Waals surface area contributed by atoms with Gasteiger partial charge in [0.2, 0.25) is 0 Å². The Morgan fingerprint density at radius 3 is 2.92 bits per heavy atom. The third-order valence-electron chi connectivity index (χ3n) is 4.04. The molecule has 1 fully saturated rings. The third-order valence-corrected chi connectivity index (χ3v) is 4.04. The van der Waals surface area contributed by atoms with E-state index in [2.05, 4.69) is 0 Å². The fraction of sp³-hybridized carbons (Fsp3) is 0.389. The van der Waals surface area contributed by atoms with Gasteiger partial charge in [0.15, 0.2) is 0 Å². The van der Waals surface area contributed by atoms with E-state index in [1.807, 2.05) is 19.0 Å². The number of nitrogens with zero attached hydrogens (tertiary/aromatic N) is 2. The highest BCUT2D eigenvalue weighted by molar-refractivity contribution is 6.00. The van der Waals surface area contributed by atoms with Crippen LogP contribution in [0.15, 0.2) is 41.2 Å². The lowest BCUT2D eigenvalue weighted by Crippen LogP contribution is -2.48. The summed E-state index contributed by atoms with van der Waals surface area (Å²) >= 11 is 0. The highest BCUT2D eigenvalue weighted by atomic mass is 19.1. The maximum absolute atomic E-state index is 13.7. The van der Waals surface area contributed by atoms with Crippen molar-refractivity contribution < 1.29 is 18.3 Å². The number of carbonyl (C=O) groups is 1. The molecule has 1 amide bonds. The lowest BCUT2D eigenvalue weighted by atomic mass is 10.0. The lowest BCUT2D eigenvalue weighted by molar-refractivity contribution is -0.0306. The lowest BCUT2D eigenvalue weighted by Gasteiger charge is -2.34. The zero-order chi connectivity index (χ0) is 17.1. The number of benzene rings is 1. The molecule has 0 N–H and O–H groups in total. The number of ether oxygens (including phenoxy) is 1. The number of carbonyl (C=O) groups excluding carboxylic acids is 1. The van der Waals surface area contributed by atoms with E-state index in [1.54, 1.807) is 23.3 Å². The normalized spacial score (nSPS) is 18.2. The van der Waals surface area contributed by atoms with Gasteiger partial charge in [-0.25, -0.2) is 4.39 Å². The summed E-state index contributed by atoms with van der Waals surface area (Å²) < 4.78 is 24.5. The smallest absolute Gasteiger partial charge is 0.254 e. The fourth-order valence-corrected chi connectivity index (χ4v) is 2.95. The summed E-state index contributed by atoms with van der Waals surface area (Å²) in [6.45, 7) is 2.23. The molecule has 5 nitrogen and oxygen atoms in total. The molecule has 2 aromatic rings. The average Bonchev–Trinajstić information content (AvgIpc) is 3.08. The van der Waals surface area contributed by atoms with Gasteiger partial charge in [0.1, 0.15) is 5.82 Å². The van der Waals surface area contributed by atoms with Crippen LogP contribution in [0.1, 0.15) is 10.4 Å². The van der Waals surface area contributed by atoms with Gasteiger partial charge in [-0.1, -0.05) is 6.07 Å². The first-order chi connectivity index (χ1) is 11.5. The number of rotatable bonds is 4. The van der Waals surface area contributed by atoms with Crippen LogP contribution in [-0.4, -0.2) is 62.1 Å². The summed E-state index contributed by atoms with van der Waals surface area (Å²) in [5.41, 5.74) is 1.78. The number of likely N-dealkylation sites (N-methyl/N-ethyl adjacent to an activating group) is 1. The van der Waals surface area contributed by atoms with E-state index in [9.17, 15) is 9.18 Å². The van der Waals surface area contributed by atoms with Gasteiger partial charge in [-0.3, -0.25) is 4.79 Å². The van der Waals surface area contributed by atoms with Gasteiger partial charge in [-0.15, -0.1) is 0 Å². The van der Waals surface area contributed by atoms with Crippen LogP contribution in [0, 0.1) is 5.82 Å². The highest BCUT2D eigenvalue weighted by Gasteiger charge is 2.27. The molecule has 1 aromatic heterocycles. The Kier molecular flexibility index (Phi) is 4.97. The van der Waals surface area contributed by atoms with Crippen molar-refractivity contribution in [3.8, 4) is 11.1 Å². The molecule has 1 aliphatic rings. The minimum atomic E-state index is -0.427. The van der Waals surface area contributed by atoms with Crippen LogP contribution in [-0.2, 0) is 4.74 Å². The number of hydrogen-bond donors (Lipinski definition) is 0. The Bertz CT molecular complexity index is 700. The molecule has 0 bridgehead atoms. The molecule has 0 spiro atoms. The molecule has 0 saturated carbocycles. The minimum absolute atomic E-state index is 0.0383. The Hall–Kier alpha value is -2.18. The number of hydrogen-bond acceptors (Lipinski definition) is 4. The van der Waals surface area contributed by atoms with E-state index < -0.39 is 5.82 Å². The van der Waals surface area contributed by atoms with Crippen LogP contribution in [0.25, 0.3) is 11.1 Å². The van der Waals surface area contributed by atoms with E-state index in [1.165, 1.54) is 18.4 Å². The second-order valence-corrected chi connectivity index (χ2v) is 6.21. The summed E-state index contributed by atoms with van der Waals surface area (Å²) in [5.74, 6) is -0.610. The zero-order valence-corrected chi connectivity index (χ0v) is 13.9. The van der Waals surface area contributed by atoms with Crippen LogP contribution in [0.4, 0.5) is 4.39 Å². The first-order valence-corrected chi connectivity index (χ1v) is 7.92. The summed E-state index contributed by atoms with van der Waals surface area (Å²) in [6, 6.07) is 6.03. The van der Waals surface area contributed by atoms with E-state index in [0.29, 0.717) is 30.8 Å². The van der Waals surface area contributed by atoms with Crippen molar-refractivity contribution in [2.24, 2.45) is 0 Å². The van der Waals surface area contributed by atoms with Gasteiger partial charge >= 0.3 is 0 Å². The summed E-state index contributed by atoms with van der Waals surface area (Å²) in [6.07, 6.45) is 3.05. The molecular weight excluding hydrogens is 311 g/mol. The van der Waals surface area contributed by atoms with Gasteiger partial charge in [0, 0.05) is 25.2 Å². The third kappa shape index (κ3) is 3.66. The van der Waals surface area contributed by atoms with Crippen LogP contribution >= 0.6 is 0 Å². The van der Waals surface area contributed by atoms with Gasteiger partial charge in [0.05, 0.1) is 30.8 Å². The maximum atomic E-state index is 13.7. The van der Waals surface area contributed by atoms with Crippen LogP contribution in [0.2, 0.25) is 0 Å². The van der Waals surface area contributed by atoms with Crippen molar-refractivity contribution in [2.75, 3.05) is 40.3 Å². The Morgan fingerprint density at radius 2 is 2.21 bits per heavy atom. The molecule has 0 radical (unpaired) electrons. The second-order valence-electron chi connectivity index (χ2n) is 6.21. The average molecular weight is 332 g/mol. The molecule has 1 atom stereocenters. The predicted octanol–water partition coefficient (Wildman–Crippen LogP) is 2.49. The molecule has 0 aliphatic carbocycles. The van der Waals surface area contributed by atoms with Crippen molar-refractivity contribution in [3.63, 3.8) is 0 Å². The molecule has 1 aliphatic heterocycles. The van der Waals surface area contributed by atoms with Gasteiger partial charge in [-0.05, 0) is 37.9 Å². The van der Waals surface area contributed by atoms with E-state index in [-0.39, 0.29) is 12.0 Å². The van der Waals surface area contributed by atoms with Gasteiger partial charge in [0.25, 0.3) is 5.91 Å². The molecule has 128 valence electrons. The van der Waals surface area contributed by atoms with Crippen molar-refractivity contribution in [1.29, 1.82) is 0 Å². The molecule has 1 saturated heterocycles. The molecule has 24 heavy (non-hydrogen) atoms. The Labute approximate surface area is 140 Å². The van der Waals surface area contributed by atoms with Gasteiger partial charge < -0.3 is 19.0 Å². The molecular formula is C18H21FN2O3. The Morgan fingerprint density at radius 1 is 1.38 bits per heavy atom. The monoisotopic (exact) mass is 332 g/mol. The summed E-state index contributed by atoms with van der Waals surface area (Å²) in [4.78, 5) is 16.7. The van der Waals surface area contributed by atoms with Crippen molar-refractivity contribution >= 4 is 5.91 Å². The minimum Gasteiger partial charge on any atom is -0.472 e. The molecule has 3 rings (SSSR count). The largest absolute Gasteiger partial charge is 0.472 e. The van der Waals surface area contributed by atoms with E-state index >= 15 is 0 Å². The SMILES string of the molecule is CN(C)CC1CN(C(=O)c2cc(F)ccc2-c2ccoc2)CCO1. The number of furan rings is 1. The van der Waals surface area contributed by atoms with E-state index in [0.717, 1.165) is 12.1 Å².